The molecule has 1 fully saturated rings. The lowest BCUT2D eigenvalue weighted by atomic mass is 10.0. The van der Waals surface area contributed by atoms with E-state index in [2.05, 4.69) is 10.1 Å². The van der Waals surface area contributed by atoms with Crippen LogP contribution in [0, 0.1) is 23.4 Å². The van der Waals surface area contributed by atoms with Crippen LogP contribution in [0.1, 0.15) is 34.3 Å². The Morgan fingerprint density at radius 3 is 2.13 bits per heavy atom. The molecule has 1 aliphatic rings. The molecule has 1 aliphatic carbocycles. The van der Waals surface area contributed by atoms with Crippen LogP contribution >= 0.6 is 34.8 Å². The van der Waals surface area contributed by atoms with E-state index >= 15 is 4.39 Å². The molecule has 1 saturated carbocycles. The molecule has 3 aromatic rings. The van der Waals surface area contributed by atoms with E-state index in [4.69, 9.17) is 34.8 Å². The number of nitrogens with one attached hydrogen (secondary N) is 3. The fourth-order valence-electron chi connectivity index (χ4n) is 4.45. The second-order valence-corrected chi connectivity index (χ2v) is 11.8. The molecule has 19 heteroatoms. The van der Waals surface area contributed by atoms with E-state index in [1.165, 1.54) is 6.07 Å². The number of rotatable bonds is 8. The number of ether oxygens (including phenoxy) is 1. The zero-order chi connectivity index (χ0) is 35.2. The predicted molar refractivity (Wildman–Crippen MR) is 152 cm³/mol. The molecular weight excluding hydrogens is 720 g/mol. The van der Waals surface area contributed by atoms with Crippen molar-refractivity contribution in [2.24, 2.45) is 5.92 Å². The van der Waals surface area contributed by atoms with E-state index in [0.29, 0.717) is 25.1 Å². The quantitative estimate of drug-likeness (QED) is 0.160. The summed E-state index contributed by atoms with van der Waals surface area (Å²) in [6.45, 7) is 0.675. The maximum atomic E-state index is 15.0. The molecule has 3 N–H and O–H groups in total. The highest BCUT2D eigenvalue weighted by molar-refractivity contribution is 6.53. The lowest BCUT2D eigenvalue weighted by Gasteiger charge is -2.17. The van der Waals surface area contributed by atoms with Crippen LogP contribution in [0.3, 0.4) is 0 Å². The molecule has 0 radical (unpaired) electrons. The van der Waals surface area contributed by atoms with Crippen LogP contribution in [-0.2, 0) is 20.5 Å². The summed E-state index contributed by atoms with van der Waals surface area (Å²) in [5, 5.41) is 5.79. The van der Waals surface area contributed by atoms with Gasteiger partial charge in [0, 0.05) is 11.6 Å². The molecule has 0 aliphatic heterocycles. The van der Waals surface area contributed by atoms with Crippen LogP contribution in [0.15, 0.2) is 48.5 Å². The molecule has 4 rings (SSSR count). The number of benzene rings is 3. The maximum Gasteiger partial charge on any atom is 0.523 e. The summed E-state index contributed by atoms with van der Waals surface area (Å²) >= 11 is 18.5. The average Bonchev–Trinajstić information content (AvgIpc) is 3.53. The third-order valence-electron chi connectivity index (χ3n) is 6.74. The van der Waals surface area contributed by atoms with Crippen molar-refractivity contribution in [3.63, 3.8) is 0 Å². The molecule has 7 nitrogen and oxygen atoms in total. The number of halogens is 12. The van der Waals surface area contributed by atoms with Crippen LogP contribution in [0.5, 0.6) is 0 Å². The number of anilines is 3. The maximum absolute atomic E-state index is 15.0. The fraction of sp³-hybridized carbons (Fsp3) is 0.250. The van der Waals surface area contributed by atoms with Gasteiger partial charge in [0.05, 0.1) is 27.8 Å². The monoisotopic (exact) mass is 735 g/mol. The van der Waals surface area contributed by atoms with E-state index in [-0.39, 0.29) is 16.3 Å². The van der Waals surface area contributed by atoms with Gasteiger partial charge in [0.1, 0.15) is 27.8 Å². The Balaban J connectivity index is 1.50. The molecule has 0 spiro atoms. The Bertz CT molecular complexity index is 1750. The van der Waals surface area contributed by atoms with Gasteiger partial charge in [0.15, 0.2) is 5.82 Å². The number of hydrogen-bond donors (Lipinski definition) is 3. The topological polar surface area (TPSA) is 96.5 Å². The minimum atomic E-state index is -5.22. The number of carbonyl (C=O) groups excluding carboxylic acids is 3. The molecule has 47 heavy (non-hydrogen) atoms. The van der Waals surface area contributed by atoms with Crippen molar-refractivity contribution in [2.45, 2.75) is 35.8 Å². The Morgan fingerprint density at radius 2 is 1.51 bits per heavy atom. The van der Waals surface area contributed by atoms with Gasteiger partial charge >= 0.3 is 12.5 Å². The molecule has 0 bridgehead atoms. The largest absolute Gasteiger partial charge is 0.523 e. The van der Waals surface area contributed by atoms with Crippen molar-refractivity contribution in [2.75, 3.05) is 16.0 Å². The minimum Gasteiger partial charge on any atom is -0.326 e. The molecule has 2 unspecified atom stereocenters. The summed E-state index contributed by atoms with van der Waals surface area (Å²) < 4.78 is 121. The predicted octanol–water partition coefficient (Wildman–Crippen LogP) is 8.42. The summed E-state index contributed by atoms with van der Waals surface area (Å²) in [6.07, 6.45) is -12.5. The summed E-state index contributed by atoms with van der Waals surface area (Å²) in [6, 6.07) is 6.73. The van der Waals surface area contributed by atoms with Gasteiger partial charge in [-0.05, 0) is 55.0 Å². The SMILES string of the molecule is CC(OC(F)(F)F)C(=O)Nc1c(F)ccc(NC(=O)c2cc(NC(=O)[C@H]3C(c4ccc(F)c(C(F)(F)F)c4)C3(Cl)Cl)ccc2Cl)c1F. The van der Waals surface area contributed by atoms with Gasteiger partial charge in [-0.1, -0.05) is 17.7 Å². The summed E-state index contributed by atoms with van der Waals surface area (Å²) in [4.78, 5) is 38.0. The van der Waals surface area contributed by atoms with Gasteiger partial charge < -0.3 is 16.0 Å². The van der Waals surface area contributed by atoms with Gasteiger partial charge in [0.25, 0.3) is 11.8 Å². The molecule has 0 aromatic heterocycles. The zero-order valence-electron chi connectivity index (χ0n) is 23.0. The Labute approximate surface area is 273 Å². The highest BCUT2D eigenvalue weighted by atomic mass is 35.5. The Morgan fingerprint density at radius 1 is 0.872 bits per heavy atom. The number of amides is 3. The molecule has 0 saturated heterocycles. The zero-order valence-corrected chi connectivity index (χ0v) is 25.3. The summed E-state index contributed by atoms with van der Waals surface area (Å²) in [5.74, 6) is -10.6. The smallest absolute Gasteiger partial charge is 0.326 e. The minimum absolute atomic E-state index is 0.111. The lowest BCUT2D eigenvalue weighted by molar-refractivity contribution is -0.335. The van der Waals surface area contributed by atoms with Crippen molar-refractivity contribution in [3.05, 3.63) is 87.7 Å². The van der Waals surface area contributed by atoms with Crippen LogP contribution < -0.4 is 16.0 Å². The normalized spacial score (nSPS) is 17.9. The summed E-state index contributed by atoms with van der Waals surface area (Å²) in [5.41, 5.74) is -4.20. The Kier molecular flexibility index (Phi) is 10.0. The summed E-state index contributed by atoms with van der Waals surface area (Å²) in [7, 11) is 0. The van der Waals surface area contributed by atoms with Crippen molar-refractivity contribution in [3.8, 4) is 0 Å². The van der Waals surface area contributed by atoms with Gasteiger partial charge in [-0.15, -0.1) is 36.4 Å². The number of carbonyl (C=O) groups is 3. The number of hydrogen-bond acceptors (Lipinski definition) is 4. The van der Waals surface area contributed by atoms with E-state index in [0.717, 1.165) is 24.3 Å². The van der Waals surface area contributed by atoms with Gasteiger partial charge in [0.2, 0.25) is 5.91 Å². The molecule has 0 heterocycles. The van der Waals surface area contributed by atoms with E-state index < -0.39 is 92.5 Å². The van der Waals surface area contributed by atoms with Crippen LogP contribution in [0.25, 0.3) is 0 Å². The first-order chi connectivity index (χ1) is 21.6. The highest BCUT2D eigenvalue weighted by Crippen LogP contribution is 2.65. The molecule has 3 aromatic carbocycles. The van der Waals surface area contributed by atoms with E-state index in [1.54, 1.807) is 5.32 Å². The van der Waals surface area contributed by atoms with Gasteiger partial charge in [-0.25, -0.2) is 13.2 Å². The molecule has 252 valence electrons. The van der Waals surface area contributed by atoms with Crippen molar-refractivity contribution in [1.29, 1.82) is 0 Å². The van der Waals surface area contributed by atoms with Crippen LogP contribution in [0.4, 0.5) is 56.6 Å². The number of alkyl halides is 8. The average molecular weight is 737 g/mol. The lowest BCUT2D eigenvalue weighted by Crippen LogP contribution is -2.33. The van der Waals surface area contributed by atoms with Crippen molar-refractivity contribution in [1.82, 2.24) is 0 Å². The third kappa shape index (κ3) is 8.05. The van der Waals surface area contributed by atoms with Gasteiger partial charge in [-0.2, -0.15) is 13.2 Å². The van der Waals surface area contributed by atoms with Gasteiger partial charge in [-0.3, -0.25) is 19.1 Å². The van der Waals surface area contributed by atoms with E-state index in [9.17, 15) is 49.5 Å². The Hall–Kier alpha value is -3.73. The third-order valence-corrected chi connectivity index (χ3v) is 8.01. The first-order valence-corrected chi connectivity index (χ1v) is 13.9. The van der Waals surface area contributed by atoms with Crippen LogP contribution in [-0.4, -0.2) is 34.5 Å². The first-order valence-electron chi connectivity index (χ1n) is 12.8. The second-order valence-electron chi connectivity index (χ2n) is 9.98. The standard InChI is InChI=1S/C28H17Cl3F9N3O4/c1-10(47-28(38,39)40)23(44)43-22-17(33)6-7-18(21(22)34)42-24(45)13-9-12(3-4-15(13)29)41-25(46)20-19(26(20,30)31)11-2-5-16(32)14(8-11)27(35,36)37/h2-10,19-20H,1H3,(H,41,46)(H,42,45)(H,43,44)/t10?,19?,20-/m1/s1. The van der Waals surface area contributed by atoms with Crippen LogP contribution in [0.2, 0.25) is 5.02 Å². The fourth-order valence-corrected chi connectivity index (χ4v) is 5.48. The van der Waals surface area contributed by atoms with Crippen molar-refractivity contribution < 1.29 is 58.6 Å². The first kappa shape index (κ1) is 36.1. The molecule has 3 atom stereocenters. The van der Waals surface area contributed by atoms with Crippen molar-refractivity contribution >= 4 is 69.6 Å². The highest BCUT2D eigenvalue weighted by Gasteiger charge is 2.67. The molecule has 3 amide bonds. The molecular formula is C28H17Cl3F9N3O4. The van der Waals surface area contributed by atoms with E-state index in [1.807, 2.05) is 5.32 Å². The second kappa shape index (κ2) is 13.1.